The molecule has 1 aliphatic heterocycles. The van der Waals surface area contributed by atoms with Gasteiger partial charge in [0, 0.05) is 12.1 Å². The molecule has 4 nitrogen and oxygen atoms in total. The van der Waals surface area contributed by atoms with E-state index in [0.29, 0.717) is 6.54 Å². The number of carbonyl (C=O) groups is 1. The molecular weight excluding hydrogens is 204 g/mol. The van der Waals surface area contributed by atoms with E-state index in [1.54, 1.807) is 0 Å². The van der Waals surface area contributed by atoms with Crippen LogP contribution in [0, 0.1) is 0 Å². The van der Waals surface area contributed by atoms with Crippen LogP contribution in [0.3, 0.4) is 0 Å². The minimum Gasteiger partial charge on any atom is -0.395 e. The molecule has 0 aromatic rings. The molecule has 16 heavy (non-hydrogen) atoms. The Labute approximate surface area is 98.0 Å². The topological polar surface area (TPSA) is 52.6 Å². The van der Waals surface area contributed by atoms with Gasteiger partial charge in [0.2, 0.25) is 5.91 Å². The smallest absolute Gasteiger partial charge is 0.234 e. The molecular formula is C12H24N2O2. The van der Waals surface area contributed by atoms with Crippen molar-refractivity contribution in [3.05, 3.63) is 0 Å². The van der Waals surface area contributed by atoms with E-state index in [4.69, 9.17) is 0 Å². The van der Waals surface area contributed by atoms with Gasteiger partial charge in [0.15, 0.2) is 0 Å². The predicted octanol–water partition coefficient (Wildman–Crippen LogP) is 0.748. The van der Waals surface area contributed by atoms with Gasteiger partial charge in [-0.2, -0.15) is 0 Å². The molecule has 1 fully saturated rings. The first-order valence-corrected chi connectivity index (χ1v) is 6.31. The molecule has 1 saturated heterocycles. The zero-order valence-electron chi connectivity index (χ0n) is 10.4. The highest BCUT2D eigenvalue weighted by molar-refractivity contribution is 5.78. The second kappa shape index (κ2) is 6.86. The predicted molar refractivity (Wildman–Crippen MR) is 64.2 cm³/mol. The number of aliphatic hydroxyl groups excluding tert-OH is 1. The Kier molecular flexibility index (Phi) is 5.77. The zero-order valence-corrected chi connectivity index (χ0v) is 10.4. The lowest BCUT2D eigenvalue weighted by molar-refractivity contribution is -0.124. The summed E-state index contributed by atoms with van der Waals surface area (Å²) in [5.74, 6) is 0.0784. The Morgan fingerprint density at radius 2 is 2.31 bits per heavy atom. The molecule has 1 amide bonds. The fourth-order valence-electron chi connectivity index (χ4n) is 2.08. The molecule has 94 valence electrons. The molecule has 2 N–H and O–H groups in total. The van der Waals surface area contributed by atoms with Crippen LogP contribution in [0.5, 0.6) is 0 Å². The van der Waals surface area contributed by atoms with Crippen molar-refractivity contribution in [3.63, 3.8) is 0 Å². The molecule has 1 heterocycles. The van der Waals surface area contributed by atoms with E-state index in [1.165, 1.54) is 0 Å². The van der Waals surface area contributed by atoms with Crippen LogP contribution in [0.1, 0.15) is 39.5 Å². The normalized spacial score (nSPS) is 24.1. The maximum absolute atomic E-state index is 11.7. The molecule has 0 aromatic heterocycles. The first kappa shape index (κ1) is 13.5. The Hall–Kier alpha value is -0.610. The second-order valence-electron chi connectivity index (χ2n) is 4.68. The summed E-state index contributed by atoms with van der Waals surface area (Å²) < 4.78 is 0. The van der Waals surface area contributed by atoms with Crippen molar-refractivity contribution in [3.8, 4) is 0 Å². The third-order valence-electron chi connectivity index (χ3n) is 3.33. The molecule has 0 aliphatic carbocycles. The summed E-state index contributed by atoms with van der Waals surface area (Å²) in [4.78, 5) is 13.8. The molecule has 0 bridgehead atoms. The Morgan fingerprint density at radius 1 is 1.56 bits per heavy atom. The average molecular weight is 228 g/mol. The Bertz CT molecular complexity index is 221. The van der Waals surface area contributed by atoms with Crippen LogP contribution in [-0.4, -0.2) is 47.7 Å². The third kappa shape index (κ3) is 4.10. The third-order valence-corrected chi connectivity index (χ3v) is 3.33. The number of piperidine rings is 1. The lowest BCUT2D eigenvalue weighted by Gasteiger charge is -2.34. The number of carbonyl (C=O) groups excluding carboxylic acids is 1. The molecule has 0 spiro atoms. The molecule has 0 radical (unpaired) electrons. The van der Waals surface area contributed by atoms with Gasteiger partial charge in [-0.05, 0) is 32.7 Å². The minimum absolute atomic E-state index is 0.0784. The number of aliphatic hydroxyl groups is 1. The number of hydrogen-bond donors (Lipinski definition) is 2. The van der Waals surface area contributed by atoms with Gasteiger partial charge in [0.05, 0.1) is 13.2 Å². The van der Waals surface area contributed by atoms with E-state index >= 15 is 0 Å². The van der Waals surface area contributed by atoms with Gasteiger partial charge in [-0.3, -0.25) is 9.69 Å². The van der Waals surface area contributed by atoms with E-state index < -0.39 is 0 Å². The summed E-state index contributed by atoms with van der Waals surface area (Å²) in [7, 11) is 0. The summed E-state index contributed by atoms with van der Waals surface area (Å²) in [5, 5.41) is 12.2. The highest BCUT2D eigenvalue weighted by atomic mass is 16.3. The van der Waals surface area contributed by atoms with Crippen molar-refractivity contribution in [2.24, 2.45) is 0 Å². The van der Waals surface area contributed by atoms with Gasteiger partial charge in [0.25, 0.3) is 0 Å². The van der Waals surface area contributed by atoms with Gasteiger partial charge >= 0.3 is 0 Å². The Balaban J connectivity index is 2.36. The van der Waals surface area contributed by atoms with Crippen molar-refractivity contribution >= 4 is 5.91 Å². The van der Waals surface area contributed by atoms with Crippen LogP contribution in [0.4, 0.5) is 0 Å². The average Bonchev–Trinajstić information content (AvgIpc) is 2.29. The summed E-state index contributed by atoms with van der Waals surface area (Å²) in [5.41, 5.74) is 0. The molecule has 2 atom stereocenters. The molecule has 0 aromatic carbocycles. The van der Waals surface area contributed by atoms with Crippen LogP contribution < -0.4 is 5.32 Å². The zero-order chi connectivity index (χ0) is 12.0. The van der Waals surface area contributed by atoms with E-state index in [1.807, 2.05) is 6.92 Å². The largest absolute Gasteiger partial charge is 0.395 e. The van der Waals surface area contributed by atoms with Crippen molar-refractivity contribution in [2.75, 3.05) is 19.7 Å². The fraction of sp³-hybridized carbons (Fsp3) is 0.917. The minimum atomic E-state index is 0.0784. The summed E-state index contributed by atoms with van der Waals surface area (Å²) in [6.45, 7) is 5.59. The Morgan fingerprint density at radius 3 is 2.94 bits per heavy atom. The summed E-state index contributed by atoms with van der Waals surface area (Å²) >= 11 is 0. The summed E-state index contributed by atoms with van der Waals surface area (Å²) in [6.07, 6.45) is 4.25. The van der Waals surface area contributed by atoms with Gasteiger partial charge < -0.3 is 10.4 Å². The lowest BCUT2D eigenvalue weighted by Crippen LogP contribution is -2.48. The van der Waals surface area contributed by atoms with Gasteiger partial charge in [-0.1, -0.05) is 13.3 Å². The van der Waals surface area contributed by atoms with E-state index in [2.05, 4.69) is 17.1 Å². The molecule has 4 heteroatoms. The fourth-order valence-corrected chi connectivity index (χ4v) is 2.08. The first-order valence-electron chi connectivity index (χ1n) is 6.31. The number of nitrogens with one attached hydrogen (secondary N) is 1. The van der Waals surface area contributed by atoms with Crippen LogP contribution in [-0.2, 0) is 4.79 Å². The van der Waals surface area contributed by atoms with Crippen LogP contribution in [0.2, 0.25) is 0 Å². The highest BCUT2D eigenvalue weighted by Crippen LogP contribution is 2.15. The molecule has 1 rings (SSSR count). The number of nitrogens with zero attached hydrogens (tertiary/aromatic N) is 1. The lowest BCUT2D eigenvalue weighted by atomic mass is 10.0. The van der Waals surface area contributed by atoms with Gasteiger partial charge in [-0.25, -0.2) is 0 Å². The van der Waals surface area contributed by atoms with E-state index in [-0.39, 0.29) is 24.6 Å². The monoisotopic (exact) mass is 228 g/mol. The van der Waals surface area contributed by atoms with Crippen molar-refractivity contribution in [2.45, 2.75) is 51.6 Å². The molecule has 0 saturated carbocycles. The van der Waals surface area contributed by atoms with Gasteiger partial charge in [-0.15, -0.1) is 0 Å². The highest BCUT2D eigenvalue weighted by Gasteiger charge is 2.23. The maximum atomic E-state index is 11.7. The number of hydrogen-bond acceptors (Lipinski definition) is 3. The molecule has 1 aliphatic rings. The standard InChI is InChI=1S/C12H24N2O2/c1-3-10(2)13-12(16)8-14-7-5-4-6-11(14)9-15/h10-11,15H,3-9H2,1-2H3,(H,13,16). The van der Waals surface area contributed by atoms with Crippen molar-refractivity contribution < 1.29 is 9.90 Å². The quantitative estimate of drug-likeness (QED) is 0.730. The van der Waals surface area contributed by atoms with Crippen LogP contribution >= 0.6 is 0 Å². The van der Waals surface area contributed by atoms with Crippen LogP contribution in [0.25, 0.3) is 0 Å². The van der Waals surface area contributed by atoms with Crippen molar-refractivity contribution in [1.82, 2.24) is 10.2 Å². The van der Waals surface area contributed by atoms with Crippen molar-refractivity contribution in [1.29, 1.82) is 0 Å². The second-order valence-corrected chi connectivity index (χ2v) is 4.68. The number of rotatable bonds is 5. The van der Waals surface area contributed by atoms with Crippen LogP contribution in [0.15, 0.2) is 0 Å². The molecule has 2 unspecified atom stereocenters. The van der Waals surface area contributed by atoms with Gasteiger partial charge in [0.1, 0.15) is 0 Å². The maximum Gasteiger partial charge on any atom is 0.234 e. The first-order chi connectivity index (χ1) is 7.67. The number of amides is 1. The number of likely N-dealkylation sites (tertiary alicyclic amines) is 1. The van der Waals surface area contributed by atoms with E-state index in [9.17, 15) is 9.90 Å². The van der Waals surface area contributed by atoms with E-state index in [0.717, 1.165) is 32.2 Å². The SMILES string of the molecule is CCC(C)NC(=O)CN1CCCCC1CO. The summed E-state index contributed by atoms with van der Waals surface area (Å²) in [6, 6.07) is 0.418.